The van der Waals surface area contributed by atoms with E-state index in [2.05, 4.69) is 39.2 Å². The minimum Gasteiger partial charge on any atom is -0.370 e. The maximum Gasteiger partial charge on any atom is 0.128 e. The summed E-state index contributed by atoms with van der Waals surface area (Å²) in [6, 6.07) is 2.06. The fourth-order valence-electron chi connectivity index (χ4n) is 1.33. The third-order valence-electron chi connectivity index (χ3n) is 2.15. The van der Waals surface area contributed by atoms with Crippen molar-refractivity contribution >= 4 is 33.3 Å². The van der Waals surface area contributed by atoms with Gasteiger partial charge in [-0.2, -0.15) is 0 Å². The second-order valence-electron chi connectivity index (χ2n) is 3.50. The number of nitrogens with zero attached hydrogens (tertiary/aromatic N) is 1. The molecule has 1 rings (SSSR count). The Morgan fingerprint density at radius 2 is 2.20 bits per heavy atom. The van der Waals surface area contributed by atoms with Gasteiger partial charge in [0, 0.05) is 23.1 Å². The van der Waals surface area contributed by atoms with Crippen LogP contribution in [0.4, 0.5) is 5.82 Å². The molecule has 0 aliphatic heterocycles. The van der Waals surface area contributed by atoms with E-state index >= 15 is 0 Å². The Balaban J connectivity index is 2.31. The molecule has 1 heterocycles. The molecular weight excluding hydrogens is 275 g/mol. The monoisotopic (exact) mass is 290 g/mol. The van der Waals surface area contributed by atoms with Crippen LogP contribution in [-0.2, 0) is 0 Å². The van der Waals surface area contributed by atoms with Crippen molar-refractivity contribution in [2.24, 2.45) is 0 Å². The zero-order valence-corrected chi connectivity index (χ0v) is 11.2. The van der Waals surface area contributed by atoms with Gasteiger partial charge in [-0.25, -0.2) is 4.98 Å². The highest BCUT2D eigenvalue weighted by Gasteiger charge is 1.99. The van der Waals surface area contributed by atoms with Crippen molar-refractivity contribution in [1.29, 1.82) is 0 Å². The van der Waals surface area contributed by atoms with E-state index in [1.807, 2.05) is 6.20 Å². The maximum absolute atomic E-state index is 5.60. The molecule has 0 spiro atoms. The van der Waals surface area contributed by atoms with Gasteiger partial charge in [0.05, 0.1) is 0 Å². The van der Waals surface area contributed by atoms with Crippen molar-refractivity contribution in [3.8, 4) is 0 Å². The Bertz CT molecular complexity index is 305. The lowest BCUT2D eigenvalue weighted by Gasteiger charge is -2.08. The van der Waals surface area contributed by atoms with Crippen molar-refractivity contribution in [3.63, 3.8) is 0 Å². The molecule has 4 heteroatoms. The SMILES string of the molecule is Cc1cc(Br)cnc1NCCCCCCl. The standard InChI is InChI=1S/C11H16BrClN2/c1-9-7-10(12)8-15-11(9)14-6-4-2-3-5-13/h7-8H,2-6H2,1H3,(H,14,15). The normalized spacial score (nSPS) is 10.3. The molecule has 2 nitrogen and oxygen atoms in total. The van der Waals surface area contributed by atoms with E-state index in [9.17, 15) is 0 Å². The van der Waals surface area contributed by atoms with Gasteiger partial charge in [0.25, 0.3) is 0 Å². The van der Waals surface area contributed by atoms with Gasteiger partial charge in [0.2, 0.25) is 0 Å². The van der Waals surface area contributed by atoms with Gasteiger partial charge in [0.1, 0.15) is 5.82 Å². The van der Waals surface area contributed by atoms with Gasteiger partial charge in [-0.3, -0.25) is 0 Å². The number of hydrogen-bond donors (Lipinski definition) is 1. The lowest BCUT2D eigenvalue weighted by molar-refractivity contribution is 0.745. The molecule has 0 radical (unpaired) electrons. The molecule has 1 N–H and O–H groups in total. The molecule has 0 amide bonds. The van der Waals surface area contributed by atoms with E-state index in [0.717, 1.165) is 35.6 Å². The van der Waals surface area contributed by atoms with Gasteiger partial charge in [-0.05, 0) is 47.3 Å². The third-order valence-corrected chi connectivity index (χ3v) is 2.85. The number of hydrogen-bond acceptors (Lipinski definition) is 2. The first-order chi connectivity index (χ1) is 7.24. The predicted octanol–water partition coefficient (Wildman–Crippen LogP) is 3.97. The second kappa shape index (κ2) is 7.07. The second-order valence-corrected chi connectivity index (χ2v) is 4.79. The Morgan fingerprint density at radius 1 is 1.40 bits per heavy atom. The Kier molecular flexibility index (Phi) is 6.03. The molecule has 0 aliphatic rings. The van der Waals surface area contributed by atoms with Crippen LogP contribution in [0.1, 0.15) is 24.8 Å². The third kappa shape index (κ3) is 4.85. The van der Waals surface area contributed by atoms with E-state index in [4.69, 9.17) is 11.6 Å². The highest BCUT2D eigenvalue weighted by molar-refractivity contribution is 9.10. The topological polar surface area (TPSA) is 24.9 Å². The van der Waals surface area contributed by atoms with Crippen LogP contribution in [0, 0.1) is 6.92 Å². The van der Waals surface area contributed by atoms with Crippen LogP contribution in [0.2, 0.25) is 0 Å². The molecule has 15 heavy (non-hydrogen) atoms. The summed E-state index contributed by atoms with van der Waals surface area (Å²) in [6.07, 6.45) is 5.22. The summed E-state index contributed by atoms with van der Waals surface area (Å²) in [5, 5.41) is 3.32. The number of nitrogens with one attached hydrogen (secondary N) is 1. The lowest BCUT2D eigenvalue weighted by Crippen LogP contribution is -2.04. The number of aromatic nitrogens is 1. The van der Waals surface area contributed by atoms with Crippen molar-refractivity contribution in [2.75, 3.05) is 17.7 Å². The molecule has 0 fully saturated rings. The summed E-state index contributed by atoms with van der Waals surface area (Å²) in [6.45, 7) is 3.02. The summed E-state index contributed by atoms with van der Waals surface area (Å²) >= 11 is 9.00. The maximum atomic E-state index is 5.60. The quantitative estimate of drug-likeness (QED) is 0.633. The van der Waals surface area contributed by atoms with Gasteiger partial charge in [-0.1, -0.05) is 6.42 Å². The highest BCUT2D eigenvalue weighted by Crippen LogP contribution is 2.16. The summed E-state index contributed by atoms with van der Waals surface area (Å²) in [5.74, 6) is 1.74. The van der Waals surface area contributed by atoms with E-state index in [0.29, 0.717) is 0 Å². The summed E-state index contributed by atoms with van der Waals surface area (Å²) in [7, 11) is 0. The number of aryl methyl sites for hydroxylation is 1. The molecule has 0 saturated heterocycles. The van der Waals surface area contributed by atoms with Gasteiger partial charge in [-0.15, -0.1) is 11.6 Å². The molecule has 0 bridgehead atoms. The van der Waals surface area contributed by atoms with Crippen molar-refractivity contribution in [2.45, 2.75) is 26.2 Å². The zero-order valence-electron chi connectivity index (χ0n) is 8.89. The Hall–Kier alpha value is -0.280. The number of unbranched alkanes of at least 4 members (excludes halogenated alkanes) is 2. The van der Waals surface area contributed by atoms with Crippen LogP contribution in [0.25, 0.3) is 0 Å². The molecule has 1 aromatic heterocycles. The number of rotatable bonds is 6. The molecule has 0 aromatic carbocycles. The summed E-state index contributed by atoms with van der Waals surface area (Å²) in [4.78, 5) is 4.31. The lowest BCUT2D eigenvalue weighted by atomic mass is 10.2. The molecule has 0 saturated carbocycles. The minimum absolute atomic E-state index is 0.759. The van der Waals surface area contributed by atoms with Crippen LogP contribution in [0.15, 0.2) is 16.7 Å². The molecule has 0 aliphatic carbocycles. The first-order valence-corrected chi connectivity index (χ1v) is 6.49. The van der Waals surface area contributed by atoms with E-state index in [1.54, 1.807) is 0 Å². The fourth-order valence-corrected chi connectivity index (χ4v) is 1.96. The van der Waals surface area contributed by atoms with Gasteiger partial charge in [0.15, 0.2) is 0 Å². The molecule has 0 unspecified atom stereocenters. The van der Waals surface area contributed by atoms with Crippen LogP contribution in [0.5, 0.6) is 0 Å². The number of pyridine rings is 1. The molecule has 1 aromatic rings. The molecular formula is C11H16BrClN2. The zero-order chi connectivity index (χ0) is 11.1. The van der Waals surface area contributed by atoms with Crippen LogP contribution in [-0.4, -0.2) is 17.4 Å². The van der Waals surface area contributed by atoms with Gasteiger partial charge >= 0.3 is 0 Å². The summed E-state index contributed by atoms with van der Waals surface area (Å²) in [5.41, 5.74) is 1.17. The minimum atomic E-state index is 0.759. The molecule has 84 valence electrons. The van der Waals surface area contributed by atoms with Crippen molar-refractivity contribution in [1.82, 2.24) is 4.98 Å². The van der Waals surface area contributed by atoms with E-state index < -0.39 is 0 Å². The van der Waals surface area contributed by atoms with Crippen LogP contribution in [0.3, 0.4) is 0 Å². The first-order valence-electron chi connectivity index (χ1n) is 5.16. The van der Waals surface area contributed by atoms with Crippen molar-refractivity contribution in [3.05, 3.63) is 22.3 Å². The van der Waals surface area contributed by atoms with Crippen LogP contribution < -0.4 is 5.32 Å². The van der Waals surface area contributed by atoms with Crippen LogP contribution >= 0.6 is 27.5 Å². The van der Waals surface area contributed by atoms with Crippen molar-refractivity contribution < 1.29 is 0 Å². The average Bonchev–Trinajstić information content (AvgIpc) is 2.20. The molecule has 0 atom stereocenters. The largest absolute Gasteiger partial charge is 0.370 e. The number of halogens is 2. The van der Waals surface area contributed by atoms with E-state index in [-0.39, 0.29) is 0 Å². The average molecular weight is 292 g/mol. The fraction of sp³-hybridized carbons (Fsp3) is 0.545. The number of anilines is 1. The Morgan fingerprint density at radius 3 is 2.87 bits per heavy atom. The predicted molar refractivity (Wildman–Crippen MR) is 69.7 cm³/mol. The summed E-state index contributed by atoms with van der Waals surface area (Å²) < 4.78 is 1.02. The van der Waals surface area contributed by atoms with E-state index in [1.165, 1.54) is 12.0 Å². The Labute approximate surface area is 105 Å². The number of alkyl halides is 1. The smallest absolute Gasteiger partial charge is 0.128 e. The van der Waals surface area contributed by atoms with Gasteiger partial charge < -0.3 is 5.32 Å². The first kappa shape index (κ1) is 12.8. The highest BCUT2D eigenvalue weighted by atomic mass is 79.9.